The van der Waals surface area contributed by atoms with Crippen LogP contribution in [0.1, 0.15) is 12.8 Å². The van der Waals surface area contributed by atoms with Gasteiger partial charge in [-0.3, -0.25) is 4.55 Å². The maximum atomic E-state index is 10.4. The first-order chi connectivity index (χ1) is 4.52. The lowest BCUT2D eigenvalue weighted by Crippen LogP contribution is -2.32. The van der Waals surface area contributed by atoms with E-state index in [4.69, 9.17) is 9.76 Å². The van der Waals surface area contributed by atoms with Gasteiger partial charge in [0.2, 0.25) is 0 Å². The van der Waals surface area contributed by atoms with Gasteiger partial charge in [0.1, 0.15) is 0 Å². The minimum absolute atomic E-state index is 0.301. The van der Waals surface area contributed by atoms with Crippen LogP contribution >= 0.6 is 0 Å². The van der Waals surface area contributed by atoms with E-state index in [2.05, 4.69) is 0 Å². The minimum Gasteiger partial charge on any atom is -0.313 e. The molecule has 1 atom stereocenters. The van der Waals surface area contributed by atoms with Crippen molar-refractivity contribution >= 4 is 10.1 Å². The summed E-state index contributed by atoms with van der Waals surface area (Å²) in [5, 5.41) is 8.36. The summed E-state index contributed by atoms with van der Waals surface area (Å²) in [6, 6.07) is 0. The first-order valence-electron chi connectivity index (χ1n) is 2.93. The van der Waals surface area contributed by atoms with Gasteiger partial charge in [-0.05, 0) is 12.8 Å². The van der Waals surface area contributed by atoms with E-state index in [1.165, 1.54) is 0 Å². The van der Waals surface area contributed by atoms with Crippen LogP contribution in [0.3, 0.4) is 0 Å². The summed E-state index contributed by atoms with van der Waals surface area (Å²) in [6.45, 7) is 0.310. The second kappa shape index (κ2) is 2.46. The lowest BCUT2D eigenvalue weighted by Gasteiger charge is -2.12. The Morgan fingerprint density at radius 3 is 2.30 bits per heavy atom. The van der Waals surface area contributed by atoms with Gasteiger partial charge in [-0.1, -0.05) is 0 Å². The third-order valence-electron chi connectivity index (χ3n) is 1.51. The lowest BCUT2D eigenvalue weighted by atomic mass is 10.4. The average molecular weight is 167 g/mol. The Balaban J connectivity index is 2.74. The van der Waals surface area contributed by atoms with Crippen LogP contribution in [-0.4, -0.2) is 35.2 Å². The van der Waals surface area contributed by atoms with Crippen LogP contribution in [0.15, 0.2) is 0 Å². The topological polar surface area (TPSA) is 77.8 Å². The molecule has 0 aromatic rings. The summed E-state index contributed by atoms with van der Waals surface area (Å²) in [6.07, 6.45) is 0.899. The van der Waals surface area contributed by atoms with E-state index in [1.54, 1.807) is 0 Å². The van der Waals surface area contributed by atoms with Gasteiger partial charge < -0.3 is 5.21 Å². The SMILES string of the molecule is O=S(=O)(O)C1CCCN1O. The number of nitrogens with zero attached hydrogens (tertiary/aromatic N) is 1. The van der Waals surface area contributed by atoms with Gasteiger partial charge in [0.05, 0.1) is 0 Å². The third-order valence-corrected chi connectivity index (χ3v) is 2.68. The molecule has 0 aromatic heterocycles. The normalized spacial score (nSPS) is 29.2. The van der Waals surface area contributed by atoms with Gasteiger partial charge in [0, 0.05) is 6.54 Å². The van der Waals surface area contributed by atoms with Gasteiger partial charge in [-0.25, -0.2) is 0 Å². The molecule has 1 fully saturated rings. The van der Waals surface area contributed by atoms with Crippen LogP contribution in [0.4, 0.5) is 0 Å². The Kier molecular flexibility index (Phi) is 1.95. The van der Waals surface area contributed by atoms with Crippen molar-refractivity contribution < 1.29 is 18.2 Å². The maximum absolute atomic E-state index is 10.4. The highest BCUT2D eigenvalue weighted by atomic mass is 32.2. The second-order valence-corrected chi connectivity index (χ2v) is 3.85. The van der Waals surface area contributed by atoms with E-state index in [9.17, 15) is 8.42 Å². The van der Waals surface area contributed by atoms with Crippen LogP contribution in [0.2, 0.25) is 0 Å². The largest absolute Gasteiger partial charge is 0.313 e. The quantitative estimate of drug-likeness (QED) is 0.523. The molecule has 60 valence electrons. The van der Waals surface area contributed by atoms with Crippen molar-refractivity contribution in [2.24, 2.45) is 0 Å². The van der Waals surface area contributed by atoms with Crippen LogP contribution < -0.4 is 0 Å². The van der Waals surface area contributed by atoms with Crippen molar-refractivity contribution in [3.8, 4) is 0 Å². The van der Waals surface area contributed by atoms with E-state index < -0.39 is 15.5 Å². The summed E-state index contributed by atoms with van der Waals surface area (Å²) in [4.78, 5) is 0. The highest BCUT2D eigenvalue weighted by Crippen LogP contribution is 2.18. The van der Waals surface area contributed by atoms with Crippen LogP contribution in [0.5, 0.6) is 0 Å². The molecule has 1 unspecified atom stereocenters. The Bertz CT molecular complexity index is 211. The molecular weight excluding hydrogens is 158 g/mol. The Labute approximate surface area is 59.0 Å². The first-order valence-corrected chi connectivity index (χ1v) is 4.44. The predicted octanol–water partition coefficient (Wildman–Crippen LogP) is -0.315. The molecule has 0 aliphatic carbocycles. The molecule has 0 amide bonds. The Morgan fingerprint density at radius 1 is 1.50 bits per heavy atom. The lowest BCUT2D eigenvalue weighted by molar-refractivity contribution is -0.0818. The zero-order chi connectivity index (χ0) is 7.78. The molecule has 1 aliphatic rings. The third kappa shape index (κ3) is 1.46. The molecule has 1 aliphatic heterocycles. The van der Waals surface area contributed by atoms with Crippen molar-refractivity contribution in [2.45, 2.75) is 18.2 Å². The molecule has 6 heteroatoms. The Morgan fingerprint density at radius 2 is 2.10 bits per heavy atom. The Hall–Kier alpha value is -0.170. The molecule has 0 bridgehead atoms. The number of rotatable bonds is 1. The van der Waals surface area contributed by atoms with E-state index in [0.717, 1.165) is 0 Å². The minimum atomic E-state index is -4.08. The highest BCUT2D eigenvalue weighted by molar-refractivity contribution is 7.86. The van der Waals surface area contributed by atoms with Crippen LogP contribution in [0.25, 0.3) is 0 Å². The van der Waals surface area contributed by atoms with Crippen LogP contribution in [-0.2, 0) is 10.1 Å². The van der Waals surface area contributed by atoms with Crippen molar-refractivity contribution in [1.82, 2.24) is 5.06 Å². The zero-order valence-electron chi connectivity index (χ0n) is 5.27. The van der Waals surface area contributed by atoms with Crippen molar-refractivity contribution in [1.29, 1.82) is 0 Å². The number of hydroxylamine groups is 2. The monoisotopic (exact) mass is 167 g/mol. The molecule has 10 heavy (non-hydrogen) atoms. The molecule has 0 radical (unpaired) electrons. The van der Waals surface area contributed by atoms with E-state index in [1.807, 2.05) is 0 Å². The molecule has 0 spiro atoms. The smallest absolute Gasteiger partial charge is 0.283 e. The highest BCUT2D eigenvalue weighted by Gasteiger charge is 2.33. The fourth-order valence-corrected chi connectivity index (χ4v) is 1.90. The molecule has 0 saturated carbocycles. The van der Waals surface area contributed by atoms with Gasteiger partial charge in [-0.2, -0.15) is 13.5 Å². The predicted molar refractivity (Wildman–Crippen MR) is 33.1 cm³/mol. The molecule has 2 N–H and O–H groups in total. The standard InChI is InChI=1S/C4H9NO4S/c6-5-3-1-2-4(5)10(7,8)9/h4,6H,1-3H2,(H,7,8,9). The summed E-state index contributed by atoms with van der Waals surface area (Å²) >= 11 is 0. The van der Waals surface area contributed by atoms with E-state index in [0.29, 0.717) is 24.4 Å². The average Bonchev–Trinajstić information content (AvgIpc) is 2.11. The molecule has 1 saturated heterocycles. The fraction of sp³-hybridized carbons (Fsp3) is 1.00. The molecule has 1 rings (SSSR count). The number of hydrogen-bond donors (Lipinski definition) is 2. The maximum Gasteiger partial charge on any atom is 0.283 e. The second-order valence-electron chi connectivity index (χ2n) is 2.27. The van der Waals surface area contributed by atoms with Gasteiger partial charge in [0.15, 0.2) is 5.37 Å². The van der Waals surface area contributed by atoms with E-state index >= 15 is 0 Å². The van der Waals surface area contributed by atoms with Gasteiger partial charge in [-0.15, -0.1) is 0 Å². The molecule has 0 aromatic carbocycles. The molecule has 5 nitrogen and oxygen atoms in total. The zero-order valence-corrected chi connectivity index (χ0v) is 6.08. The summed E-state index contributed by atoms with van der Waals surface area (Å²) in [5.74, 6) is 0. The van der Waals surface area contributed by atoms with Crippen molar-refractivity contribution in [3.05, 3.63) is 0 Å². The molecule has 1 heterocycles. The van der Waals surface area contributed by atoms with Gasteiger partial charge in [0.25, 0.3) is 10.1 Å². The van der Waals surface area contributed by atoms with Crippen LogP contribution in [0, 0.1) is 0 Å². The number of hydrogen-bond acceptors (Lipinski definition) is 4. The summed E-state index contributed by atoms with van der Waals surface area (Å²) in [7, 11) is -4.08. The van der Waals surface area contributed by atoms with E-state index in [-0.39, 0.29) is 0 Å². The summed E-state index contributed by atoms with van der Waals surface area (Å²) < 4.78 is 29.3. The summed E-state index contributed by atoms with van der Waals surface area (Å²) in [5.41, 5.74) is 0. The fourth-order valence-electron chi connectivity index (χ4n) is 1.02. The molecular formula is C4H9NO4S. The van der Waals surface area contributed by atoms with Crippen molar-refractivity contribution in [2.75, 3.05) is 6.54 Å². The first kappa shape index (κ1) is 7.93. The van der Waals surface area contributed by atoms with Gasteiger partial charge >= 0.3 is 0 Å². The van der Waals surface area contributed by atoms with Crippen molar-refractivity contribution in [3.63, 3.8) is 0 Å².